The summed E-state index contributed by atoms with van der Waals surface area (Å²) >= 11 is 0. The highest BCUT2D eigenvalue weighted by Gasteiger charge is 2.37. The van der Waals surface area contributed by atoms with Crippen molar-refractivity contribution in [1.29, 1.82) is 0 Å². The molecule has 18 heteroatoms. The lowest BCUT2D eigenvalue weighted by atomic mass is 9.81. The highest BCUT2D eigenvalue weighted by atomic mass is 16.6. The number of nitrogens with zero attached hydrogens (tertiary/aromatic N) is 1. The van der Waals surface area contributed by atoms with Gasteiger partial charge >= 0.3 is 0 Å². The molecule has 1 aliphatic heterocycles. The molecule has 3 aliphatic rings. The molecule has 308 valence electrons. The zero-order valence-corrected chi connectivity index (χ0v) is 32.1. The highest BCUT2D eigenvalue weighted by Crippen LogP contribution is 2.31. The maximum atomic E-state index is 10.6. The lowest BCUT2D eigenvalue weighted by Gasteiger charge is -2.31. The van der Waals surface area contributed by atoms with E-state index < -0.39 is 37.9 Å². The van der Waals surface area contributed by atoms with Gasteiger partial charge in [-0.1, -0.05) is 13.8 Å². The molecule has 3 fully saturated rings. The summed E-state index contributed by atoms with van der Waals surface area (Å²) in [4.78, 5) is 0. The predicted octanol–water partition coefficient (Wildman–Crippen LogP) is -2.57. The number of aliphatic hydroxyl groups excluding tert-OH is 7. The molecule has 13 atom stereocenters. The van der Waals surface area contributed by atoms with Crippen LogP contribution in [0.1, 0.15) is 85.0 Å². The van der Waals surface area contributed by atoms with Crippen molar-refractivity contribution < 1.29 is 45.2 Å². The lowest BCUT2D eigenvalue weighted by molar-refractivity contribution is -0.152. The van der Waals surface area contributed by atoms with Gasteiger partial charge in [0, 0.05) is 42.8 Å². The number of hydrogen-bond acceptors (Lipinski definition) is 18. The monoisotopic (exact) mass is 752 g/mol. The van der Waals surface area contributed by atoms with Crippen molar-refractivity contribution in [3.63, 3.8) is 0 Å². The Kier molecular flexibility index (Phi) is 23.3. The van der Waals surface area contributed by atoms with Crippen LogP contribution in [0.4, 0.5) is 0 Å². The van der Waals surface area contributed by atoms with E-state index in [1.54, 1.807) is 27.4 Å². The number of aliphatic hydroxyl groups is 7. The third-order valence-electron chi connectivity index (χ3n) is 10.5. The van der Waals surface area contributed by atoms with Crippen molar-refractivity contribution in [2.24, 2.45) is 22.9 Å². The van der Waals surface area contributed by atoms with Crippen LogP contribution in [0.3, 0.4) is 0 Å². The van der Waals surface area contributed by atoms with Crippen LogP contribution in [0.25, 0.3) is 0 Å². The molecule has 7 unspecified atom stereocenters. The molecule has 0 aromatic rings. The normalized spacial score (nSPS) is 31.3. The molecular formula is C34H73N9O9. The van der Waals surface area contributed by atoms with Crippen molar-refractivity contribution in [2.45, 2.75) is 159 Å². The Labute approximate surface area is 310 Å². The number of rotatable bonds is 23. The molecule has 0 radical (unpaired) electrons. The summed E-state index contributed by atoms with van der Waals surface area (Å²) in [6.45, 7) is 6.57. The van der Waals surface area contributed by atoms with E-state index in [1.807, 2.05) is 20.8 Å². The molecule has 2 saturated carbocycles. The molecule has 0 bridgehead atoms. The summed E-state index contributed by atoms with van der Waals surface area (Å²) in [6, 6.07) is -0.380. The van der Waals surface area contributed by atoms with E-state index >= 15 is 0 Å². The molecule has 0 amide bonds. The van der Waals surface area contributed by atoms with Crippen LogP contribution in [-0.2, 0) is 9.47 Å². The van der Waals surface area contributed by atoms with Crippen LogP contribution in [0, 0.1) is 17.8 Å². The first-order chi connectivity index (χ1) is 24.9. The van der Waals surface area contributed by atoms with Gasteiger partial charge in [-0.05, 0) is 104 Å². The first kappa shape index (κ1) is 47.0. The summed E-state index contributed by atoms with van der Waals surface area (Å²) in [5.41, 5.74) is 2.69. The summed E-state index contributed by atoms with van der Waals surface area (Å²) < 4.78 is 10.9. The Hall–Kier alpha value is -1.17. The SMILES string of the molecule is CC[C@@H](/C=N/NC(O)NCC1CCC(C(O)NC)CC1)NC(O)[C@H]1CC[C@@H](OC(O)NC)C1.CC[C@@H](CO)NC(O)[C@@H]1C[C@H](OC(O)NC)C(C)N1. The average molecular weight is 752 g/mol. The second kappa shape index (κ2) is 25.8. The minimum Gasteiger partial charge on any atom is -0.395 e. The molecule has 15 N–H and O–H groups in total. The zero-order valence-electron chi connectivity index (χ0n) is 32.1. The number of ether oxygens (including phenoxy) is 2. The van der Waals surface area contributed by atoms with Crippen LogP contribution >= 0.6 is 0 Å². The third-order valence-corrected chi connectivity index (χ3v) is 10.5. The van der Waals surface area contributed by atoms with Crippen LogP contribution in [0.15, 0.2) is 5.10 Å². The molecular weight excluding hydrogens is 678 g/mol. The molecule has 2 aliphatic carbocycles. The van der Waals surface area contributed by atoms with Gasteiger partial charge in [0.25, 0.3) is 0 Å². The molecule has 1 heterocycles. The molecule has 0 spiro atoms. The summed E-state index contributed by atoms with van der Waals surface area (Å²) in [7, 11) is 5.01. The van der Waals surface area contributed by atoms with Gasteiger partial charge in [-0.15, -0.1) is 0 Å². The van der Waals surface area contributed by atoms with Crippen LogP contribution in [0.2, 0.25) is 0 Å². The largest absolute Gasteiger partial charge is 0.395 e. The van der Waals surface area contributed by atoms with Gasteiger partial charge in [-0.2, -0.15) is 5.10 Å². The standard InChI is InChI=1S/C22H46N6O5.C12H27N3O4/c1-4-17(27-20(30)16-9-10-18(11-16)33-22(32)24-3)13-26-28-21(31)25-12-14-5-7-15(8-6-14)19(29)23-2;1-4-8(6-16)15-11(17)9-5-10(7(2)14-9)19-12(18)13-3/h13-25,27-32H,4-12H2,1-3H3;7-18H,4-6H2,1-3H3/b26-13+;/t14?,15?,16-,17-,18+,19?,20?,21?,22?;7?,8-,9-,10-,11?,12?/m00/s1. The van der Waals surface area contributed by atoms with Crippen molar-refractivity contribution in [3.05, 3.63) is 0 Å². The van der Waals surface area contributed by atoms with Gasteiger partial charge in [-0.25, -0.2) is 0 Å². The predicted molar refractivity (Wildman–Crippen MR) is 198 cm³/mol. The van der Waals surface area contributed by atoms with E-state index in [-0.39, 0.29) is 48.9 Å². The molecule has 1 saturated heterocycles. The van der Waals surface area contributed by atoms with Crippen LogP contribution in [0.5, 0.6) is 0 Å². The Bertz CT molecular complexity index is 939. The van der Waals surface area contributed by atoms with Gasteiger partial charge in [0.1, 0.15) is 18.7 Å². The van der Waals surface area contributed by atoms with E-state index in [0.29, 0.717) is 31.2 Å². The van der Waals surface area contributed by atoms with Crippen LogP contribution < -0.4 is 42.6 Å². The summed E-state index contributed by atoms with van der Waals surface area (Å²) in [5, 5.41) is 93.4. The zero-order chi connectivity index (χ0) is 38.6. The highest BCUT2D eigenvalue weighted by molar-refractivity contribution is 5.63. The van der Waals surface area contributed by atoms with E-state index in [0.717, 1.165) is 51.4 Å². The Morgan fingerprint density at radius 2 is 1.42 bits per heavy atom. The number of nitrogens with one attached hydrogen (secondary N) is 8. The van der Waals surface area contributed by atoms with E-state index in [9.17, 15) is 30.6 Å². The maximum Gasteiger partial charge on any atom is 0.213 e. The fourth-order valence-electron chi connectivity index (χ4n) is 6.98. The fraction of sp³-hybridized carbons (Fsp3) is 0.971. The second-order valence-corrected chi connectivity index (χ2v) is 14.3. The Morgan fingerprint density at radius 3 is 2.02 bits per heavy atom. The van der Waals surface area contributed by atoms with Gasteiger partial charge in [0.2, 0.25) is 12.8 Å². The van der Waals surface area contributed by atoms with Gasteiger partial charge < -0.3 is 50.5 Å². The topological polar surface area (TPSA) is 269 Å². The minimum absolute atomic E-state index is 0.00572. The molecule has 52 heavy (non-hydrogen) atoms. The van der Waals surface area contributed by atoms with E-state index in [4.69, 9.17) is 14.6 Å². The van der Waals surface area contributed by atoms with Crippen molar-refractivity contribution >= 4 is 6.21 Å². The van der Waals surface area contributed by atoms with Gasteiger partial charge in [0.05, 0.1) is 18.8 Å². The van der Waals surface area contributed by atoms with Crippen molar-refractivity contribution in [2.75, 3.05) is 34.3 Å². The first-order valence-corrected chi connectivity index (χ1v) is 19.2. The second-order valence-electron chi connectivity index (χ2n) is 14.3. The molecule has 18 nitrogen and oxygen atoms in total. The quantitative estimate of drug-likeness (QED) is 0.0291. The molecule has 0 aromatic heterocycles. The third kappa shape index (κ3) is 17.1. The van der Waals surface area contributed by atoms with Crippen LogP contribution in [-0.4, -0.2) is 150 Å². The average Bonchev–Trinajstić information content (AvgIpc) is 3.78. The summed E-state index contributed by atoms with van der Waals surface area (Å²) in [6.07, 6.45) is 4.97. The summed E-state index contributed by atoms with van der Waals surface area (Å²) in [5.74, 6) is 0.820. The molecule has 0 aromatic carbocycles. The van der Waals surface area contributed by atoms with Gasteiger partial charge in [0.15, 0.2) is 6.35 Å². The fourth-order valence-corrected chi connectivity index (χ4v) is 6.98. The molecule has 3 rings (SSSR count). The minimum atomic E-state index is -1.00. The van der Waals surface area contributed by atoms with E-state index in [1.165, 1.54) is 0 Å². The Morgan fingerprint density at radius 1 is 0.769 bits per heavy atom. The lowest BCUT2D eigenvalue weighted by Crippen LogP contribution is -2.50. The smallest absolute Gasteiger partial charge is 0.213 e. The van der Waals surface area contributed by atoms with E-state index in [2.05, 4.69) is 47.7 Å². The number of hydrogen-bond donors (Lipinski definition) is 15. The van der Waals surface area contributed by atoms with Gasteiger partial charge in [-0.3, -0.25) is 37.3 Å². The maximum absolute atomic E-state index is 10.6. The first-order valence-electron chi connectivity index (χ1n) is 19.2. The Balaban J connectivity index is 0.000000418. The van der Waals surface area contributed by atoms with Crippen molar-refractivity contribution in [1.82, 2.24) is 42.6 Å². The number of hydrazone groups is 1. The van der Waals surface area contributed by atoms with Crippen molar-refractivity contribution in [3.8, 4) is 0 Å².